The van der Waals surface area contributed by atoms with E-state index in [0.717, 1.165) is 0 Å². The number of hydrogen-bond donors (Lipinski definition) is 1. The minimum absolute atomic E-state index is 0.310. The van der Waals surface area contributed by atoms with Crippen molar-refractivity contribution in [1.29, 1.82) is 0 Å². The minimum atomic E-state index is -5.23. The summed E-state index contributed by atoms with van der Waals surface area (Å²) in [7, 11) is 0. The van der Waals surface area contributed by atoms with Crippen LogP contribution in [0.15, 0.2) is 6.07 Å². The number of carboxylic acid groups (broad SMARTS) is 1. The monoisotopic (exact) mass is 305 g/mol. The van der Waals surface area contributed by atoms with E-state index < -0.39 is 47.3 Å². The molecule has 0 radical (unpaired) electrons. The van der Waals surface area contributed by atoms with E-state index in [2.05, 4.69) is 9.72 Å². The maximum Gasteiger partial charge on any atom is 0.573 e. The molecule has 0 saturated carbocycles. The Morgan fingerprint density at radius 3 is 2.42 bits per heavy atom. The van der Waals surface area contributed by atoms with Crippen molar-refractivity contribution in [3.05, 3.63) is 23.0 Å². The second kappa shape index (κ2) is 5.55. The first kappa shape index (κ1) is 15.4. The van der Waals surface area contributed by atoms with E-state index in [1.54, 1.807) is 0 Å². The lowest BCUT2D eigenvalue weighted by atomic mass is 10.1. The number of hydrogen-bond acceptors (Lipinski definition) is 3. The van der Waals surface area contributed by atoms with Gasteiger partial charge in [0.05, 0.1) is 17.1 Å². The molecule has 1 N–H and O–H groups in total. The molecule has 0 spiro atoms. The molecule has 19 heavy (non-hydrogen) atoms. The summed E-state index contributed by atoms with van der Waals surface area (Å²) in [6.45, 7) is 0. The van der Waals surface area contributed by atoms with Crippen LogP contribution in [0.5, 0.6) is 5.75 Å². The number of nitrogens with zero attached hydrogens (tertiary/aromatic N) is 1. The predicted octanol–water partition coefficient (Wildman–Crippen LogP) is 3.35. The quantitative estimate of drug-likeness (QED) is 0.684. The fourth-order valence-corrected chi connectivity index (χ4v) is 1.38. The van der Waals surface area contributed by atoms with Crippen LogP contribution in [0, 0.1) is 0 Å². The second-order valence-corrected chi connectivity index (χ2v) is 3.43. The fraction of sp³-hybridized carbons (Fsp3) is 0.333. The van der Waals surface area contributed by atoms with Crippen LogP contribution in [0.2, 0.25) is 0 Å². The Kier molecular flexibility index (Phi) is 4.51. The zero-order chi connectivity index (χ0) is 14.8. The normalized spacial score (nSPS) is 11.7. The van der Waals surface area contributed by atoms with Gasteiger partial charge in [-0.25, -0.2) is 18.6 Å². The van der Waals surface area contributed by atoms with Gasteiger partial charge >= 0.3 is 12.3 Å². The Bertz CT molecular complexity index is 491. The van der Waals surface area contributed by atoms with Gasteiger partial charge in [0.1, 0.15) is 5.69 Å². The molecule has 0 unspecified atom stereocenters. The highest BCUT2D eigenvalue weighted by Crippen LogP contribution is 2.36. The van der Waals surface area contributed by atoms with Gasteiger partial charge < -0.3 is 9.84 Å². The van der Waals surface area contributed by atoms with E-state index in [1.807, 2.05) is 0 Å². The van der Waals surface area contributed by atoms with E-state index in [-0.39, 0.29) is 0 Å². The molecule has 1 aromatic heterocycles. The summed E-state index contributed by atoms with van der Waals surface area (Å²) in [4.78, 5) is 13.9. The Balaban J connectivity index is 3.45. The van der Waals surface area contributed by atoms with Crippen molar-refractivity contribution in [3.8, 4) is 5.75 Å². The van der Waals surface area contributed by atoms with Gasteiger partial charge in [-0.1, -0.05) is 0 Å². The van der Waals surface area contributed by atoms with Crippen molar-refractivity contribution < 1.29 is 36.6 Å². The Morgan fingerprint density at radius 2 is 2.05 bits per heavy atom. The third-order valence-electron chi connectivity index (χ3n) is 1.87. The van der Waals surface area contributed by atoms with Gasteiger partial charge in [0.25, 0.3) is 6.43 Å². The molecular formula is C9H5ClF5NO3. The summed E-state index contributed by atoms with van der Waals surface area (Å²) >= 11 is 5.27. The van der Waals surface area contributed by atoms with Crippen LogP contribution in [0.1, 0.15) is 28.2 Å². The van der Waals surface area contributed by atoms with Gasteiger partial charge in [0.2, 0.25) is 0 Å². The Morgan fingerprint density at radius 1 is 1.47 bits per heavy atom. The standard InChI is InChI=1S/C9H5ClF5NO3/c10-2-5-6(19-9(13,14)15)3(7(11)12)1-4(16-5)8(17)18/h1,7H,2H2,(H,17,18). The predicted molar refractivity (Wildman–Crippen MR) is 52.4 cm³/mol. The molecule has 0 saturated heterocycles. The number of rotatable bonds is 4. The maximum atomic E-state index is 12.7. The smallest absolute Gasteiger partial charge is 0.477 e. The lowest BCUT2D eigenvalue weighted by Crippen LogP contribution is -2.20. The molecule has 106 valence electrons. The first-order valence-corrected chi connectivity index (χ1v) is 5.06. The zero-order valence-electron chi connectivity index (χ0n) is 8.84. The third-order valence-corrected chi connectivity index (χ3v) is 2.12. The lowest BCUT2D eigenvalue weighted by Gasteiger charge is -2.16. The van der Waals surface area contributed by atoms with E-state index >= 15 is 0 Å². The lowest BCUT2D eigenvalue weighted by molar-refractivity contribution is -0.275. The molecule has 10 heteroatoms. The summed E-state index contributed by atoms with van der Waals surface area (Å²) in [6.07, 6.45) is -8.60. The highest BCUT2D eigenvalue weighted by atomic mass is 35.5. The number of carbonyl (C=O) groups is 1. The van der Waals surface area contributed by atoms with E-state index in [4.69, 9.17) is 16.7 Å². The molecule has 0 aliphatic heterocycles. The fourth-order valence-electron chi connectivity index (χ4n) is 1.20. The number of alkyl halides is 6. The number of halogens is 6. The summed E-state index contributed by atoms with van der Waals surface area (Å²) in [5.41, 5.74) is -2.81. The summed E-state index contributed by atoms with van der Waals surface area (Å²) in [5, 5.41) is 8.62. The summed E-state index contributed by atoms with van der Waals surface area (Å²) in [5.74, 6) is -3.67. The zero-order valence-corrected chi connectivity index (χ0v) is 9.60. The first-order valence-electron chi connectivity index (χ1n) is 4.52. The van der Waals surface area contributed by atoms with Crippen molar-refractivity contribution in [2.24, 2.45) is 0 Å². The van der Waals surface area contributed by atoms with Crippen LogP contribution >= 0.6 is 11.6 Å². The van der Waals surface area contributed by atoms with Crippen molar-refractivity contribution in [2.45, 2.75) is 18.7 Å². The van der Waals surface area contributed by atoms with Gasteiger partial charge in [-0.15, -0.1) is 24.8 Å². The number of aromatic carboxylic acids is 1. The average molecular weight is 306 g/mol. The van der Waals surface area contributed by atoms with Crippen LogP contribution in [0.3, 0.4) is 0 Å². The highest BCUT2D eigenvalue weighted by molar-refractivity contribution is 6.17. The van der Waals surface area contributed by atoms with Crippen LogP contribution in [-0.4, -0.2) is 22.4 Å². The van der Waals surface area contributed by atoms with E-state index in [0.29, 0.717) is 6.07 Å². The third kappa shape index (κ3) is 3.91. The van der Waals surface area contributed by atoms with E-state index in [9.17, 15) is 26.7 Å². The van der Waals surface area contributed by atoms with Crippen molar-refractivity contribution >= 4 is 17.6 Å². The molecule has 0 bridgehead atoms. The Labute approximate surface area is 107 Å². The average Bonchev–Trinajstić information content (AvgIpc) is 2.26. The van der Waals surface area contributed by atoms with Crippen molar-refractivity contribution in [2.75, 3.05) is 0 Å². The van der Waals surface area contributed by atoms with Crippen molar-refractivity contribution in [3.63, 3.8) is 0 Å². The Hall–Kier alpha value is -1.64. The van der Waals surface area contributed by atoms with Gasteiger partial charge in [-0.3, -0.25) is 0 Å². The topological polar surface area (TPSA) is 59.4 Å². The molecular weight excluding hydrogens is 301 g/mol. The molecule has 1 heterocycles. The van der Waals surface area contributed by atoms with Crippen LogP contribution in [0.25, 0.3) is 0 Å². The number of aromatic nitrogens is 1. The van der Waals surface area contributed by atoms with Gasteiger partial charge in [0, 0.05) is 0 Å². The minimum Gasteiger partial charge on any atom is -0.477 e. The molecule has 0 atom stereocenters. The van der Waals surface area contributed by atoms with Crippen molar-refractivity contribution in [1.82, 2.24) is 4.98 Å². The maximum absolute atomic E-state index is 12.7. The van der Waals surface area contributed by atoms with Crippen LogP contribution in [0.4, 0.5) is 22.0 Å². The number of ether oxygens (including phenoxy) is 1. The van der Waals surface area contributed by atoms with E-state index in [1.165, 1.54) is 0 Å². The van der Waals surface area contributed by atoms with Gasteiger partial charge in [-0.05, 0) is 6.07 Å². The van der Waals surface area contributed by atoms with Crippen LogP contribution < -0.4 is 4.74 Å². The molecule has 0 aromatic carbocycles. The molecule has 1 rings (SSSR count). The number of carboxylic acids is 1. The van der Waals surface area contributed by atoms with Gasteiger partial charge in [0.15, 0.2) is 5.75 Å². The molecule has 1 aromatic rings. The second-order valence-electron chi connectivity index (χ2n) is 3.16. The first-order chi connectivity index (χ1) is 8.65. The SMILES string of the molecule is O=C(O)c1cc(C(F)F)c(OC(F)(F)F)c(CCl)n1. The molecule has 4 nitrogen and oxygen atoms in total. The van der Waals surface area contributed by atoms with Crippen LogP contribution in [-0.2, 0) is 5.88 Å². The largest absolute Gasteiger partial charge is 0.573 e. The molecule has 0 fully saturated rings. The summed E-state index contributed by atoms with van der Waals surface area (Å²) < 4.78 is 65.1. The molecule has 0 amide bonds. The molecule has 0 aliphatic carbocycles. The highest BCUT2D eigenvalue weighted by Gasteiger charge is 2.35. The molecule has 0 aliphatic rings. The number of pyridine rings is 1. The summed E-state index contributed by atoms with van der Waals surface area (Å²) in [6, 6.07) is 0.310. The van der Waals surface area contributed by atoms with Gasteiger partial charge in [-0.2, -0.15) is 0 Å².